The van der Waals surface area contributed by atoms with Crippen LogP contribution in [0.5, 0.6) is 0 Å². The third-order valence-electron chi connectivity index (χ3n) is 4.89. The molecule has 0 radical (unpaired) electrons. The molecule has 0 aromatic rings. The van der Waals surface area contributed by atoms with E-state index in [0.29, 0.717) is 0 Å². The van der Waals surface area contributed by atoms with E-state index in [2.05, 4.69) is 34.6 Å². The maximum absolute atomic E-state index is 2.45. The molecule has 0 nitrogen and oxygen atoms in total. The molecule has 1 saturated carbocycles. The average Bonchev–Trinajstić information content (AvgIpc) is 2.14. The van der Waals surface area contributed by atoms with Gasteiger partial charge in [-0.1, -0.05) is 53.9 Å². The molecule has 0 spiro atoms. The first-order valence-electron chi connectivity index (χ1n) is 7.04. The highest BCUT2D eigenvalue weighted by molar-refractivity contribution is 4.79. The summed E-state index contributed by atoms with van der Waals surface area (Å²) >= 11 is 0. The van der Waals surface area contributed by atoms with Crippen molar-refractivity contribution in [2.45, 2.75) is 66.7 Å². The zero-order valence-corrected chi connectivity index (χ0v) is 11.4. The van der Waals surface area contributed by atoms with Crippen molar-refractivity contribution in [2.24, 2.45) is 29.6 Å². The summed E-state index contributed by atoms with van der Waals surface area (Å²) in [6.07, 6.45) is 7.42. The minimum atomic E-state index is 0.852. The van der Waals surface area contributed by atoms with Crippen LogP contribution in [-0.2, 0) is 0 Å². The van der Waals surface area contributed by atoms with Gasteiger partial charge in [0.2, 0.25) is 0 Å². The fourth-order valence-corrected chi connectivity index (χ4v) is 2.86. The summed E-state index contributed by atoms with van der Waals surface area (Å²) in [5, 5.41) is 0. The molecule has 0 aliphatic heterocycles. The largest absolute Gasteiger partial charge is 0.0651 e. The molecule has 0 saturated heterocycles. The van der Waals surface area contributed by atoms with Crippen molar-refractivity contribution in [3.05, 3.63) is 0 Å². The Labute approximate surface area is 96.8 Å². The highest BCUT2D eigenvalue weighted by Crippen LogP contribution is 2.40. The number of hydrogen-bond donors (Lipinski definition) is 0. The quantitative estimate of drug-likeness (QED) is 0.570. The first kappa shape index (κ1) is 13.1. The van der Waals surface area contributed by atoms with Crippen LogP contribution in [0.1, 0.15) is 66.7 Å². The molecular formula is C15H30. The van der Waals surface area contributed by atoms with Crippen LogP contribution >= 0.6 is 0 Å². The molecule has 0 bridgehead atoms. The van der Waals surface area contributed by atoms with Crippen molar-refractivity contribution in [3.8, 4) is 0 Å². The van der Waals surface area contributed by atoms with E-state index in [1.807, 2.05) is 0 Å². The molecule has 0 amide bonds. The van der Waals surface area contributed by atoms with E-state index in [1.54, 1.807) is 0 Å². The predicted molar refractivity (Wildman–Crippen MR) is 68.9 cm³/mol. The second-order valence-electron chi connectivity index (χ2n) is 6.27. The summed E-state index contributed by atoms with van der Waals surface area (Å²) in [5.74, 6) is 4.83. The lowest BCUT2D eigenvalue weighted by molar-refractivity contribution is 0.156. The Morgan fingerprint density at radius 2 is 1.60 bits per heavy atom. The third kappa shape index (κ3) is 3.81. The van der Waals surface area contributed by atoms with Crippen molar-refractivity contribution in [2.75, 3.05) is 0 Å². The molecule has 2 unspecified atom stereocenters. The second kappa shape index (κ2) is 5.92. The van der Waals surface area contributed by atoms with Crippen molar-refractivity contribution < 1.29 is 0 Å². The Morgan fingerprint density at radius 1 is 1.00 bits per heavy atom. The van der Waals surface area contributed by atoms with Gasteiger partial charge in [-0.15, -0.1) is 0 Å². The zero-order chi connectivity index (χ0) is 11.4. The summed E-state index contributed by atoms with van der Waals surface area (Å²) < 4.78 is 0. The Balaban J connectivity index is 2.10. The molecule has 0 N–H and O–H groups in total. The summed E-state index contributed by atoms with van der Waals surface area (Å²) in [6.45, 7) is 11.9. The monoisotopic (exact) mass is 210 g/mol. The van der Waals surface area contributed by atoms with E-state index in [-0.39, 0.29) is 0 Å². The number of rotatable bonds is 6. The van der Waals surface area contributed by atoms with Gasteiger partial charge in [0.25, 0.3) is 0 Å². The van der Waals surface area contributed by atoms with Crippen molar-refractivity contribution >= 4 is 0 Å². The van der Waals surface area contributed by atoms with Crippen molar-refractivity contribution in [1.82, 2.24) is 0 Å². The Morgan fingerprint density at radius 3 is 2.07 bits per heavy atom. The normalized spacial score (nSPS) is 30.0. The van der Waals surface area contributed by atoms with Crippen LogP contribution in [-0.4, -0.2) is 0 Å². The van der Waals surface area contributed by atoms with E-state index in [1.165, 1.54) is 32.1 Å². The van der Waals surface area contributed by atoms with E-state index in [0.717, 1.165) is 29.6 Å². The summed E-state index contributed by atoms with van der Waals surface area (Å²) in [7, 11) is 0. The summed E-state index contributed by atoms with van der Waals surface area (Å²) in [6, 6.07) is 0. The maximum Gasteiger partial charge on any atom is -0.0394 e. The van der Waals surface area contributed by atoms with Gasteiger partial charge >= 0.3 is 0 Å². The minimum absolute atomic E-state index is 0.852. The third-order valence-corrected chi connectivity index (χ3v) is 4.89. The van der Waals surface area contributed by atoms with Crippen LogP contribution in [0.15, 0.2) is 0 Å². The van der Waals surface area contributed by atoms with E-state index >= 15 is 0 Å². The molecule has 1 fully saturated rings. The van der Waals surface area contributed by atoms with Crippen LogP contribution in [0.25, 0.3) is 0 Å². The molecule has 15 heavy (non-hydrogen) atoms. The van der Waals surface area contributed by atoms with E-state index < -0.39 is 0 Å². The highest BCUT2D eigenvalue weighted by atomic mass is 14.3. The lowest BCUT2D eigenvalue weighted by Crippen LogP contribution is -2.24. The highest BCUT2D eigenvalue weighted by Gasteiger charge is 2.28. The summed E-state index contributed by atoms with van der Waals surface area (Å²) in [5.41, 5.74) is 0. The summed E-state index contributed by atoms with van der Waals surface area (Å²) in [4.78, 5) is 0. The molecule has 0 aromatic carbocycles. The molecule has 0 aromatic heterocycles. The van der Waals surface area contributed by atoms with Crippen LogP contribution in [0, 0.1) is 29.6 Å². The van der Waals surface area contributed by atoms with Gasteiger partial charge in [-0.25, -0.2) is 0 Å². The standard InChI is InChI=1S/C15H30/c1-6-14-9-15(10-14)8-7-12(4)13(5)11(2)3/h11-15H,6-10H2,1-5H3. The van der Waals surface area contributed by atoms with Crippen LogP contribution < -0.4 is 0 Å². The Bertz CT molecular complexity index is 165. The minimum Gasteiger partial charge on any atom is -0.0651 e. The molecule has 1 aliphatic rings. The predicted octanol–water partition coefficient (Wildman–Crippen LogP) is 5.13. The first-order valence-corrected chi connectivity index (χ1v) is 7.04. The van der Waals surface area contributed by atoms with Gasteiger partial charge in [-0.05, 0) is 42.4 Å². The fourth-order valence-electron chi connectivity index (χ4n) is 2.86. The average molecular weight is 210 g/mol. The fraction of sp³-hybridized carbons (Fsp3) is 1.00. The molecular weight excluding hydrogens is 180 g/mol. The van der Waals surface area contributed by atoms with Crippen LogP contribution in [0.2, 0.25) is 0 Å². The van der Waals surface area contributed by atoms with Crippen LogP contribution in [0.4, 0.5) is 0 Å². The molecule has 90 valence electrons. The lowest BCUT2D eigenvalue weighted by atomic mass is 9.70. The Kier molecular flexibility index (Phi) is 5.15. The molecule has 1 rings (SSSR count). The molecule has 2 atom stereocenters. The SMILES string of the molecule is CCC1CC(CCC(C)C(C)C(C)C)C1. The zero-order valence-electron chi connectivity index (χ0n) is 11.4. The second-order valence-corrected chi connectivity index (χ2v) is 6.27. The lowest BCUT2D eigenvalue weighted by Gasteiger charge is -2.36. The molecule has 0 heteroatoms. The van der Waals surface area contributed by atoms with Gasteiger partial charge in [0, 0.05) is 0 Å². The van der Waals surface area contributed by atoms with Gasteiger partial charge in [0.05, 0.1) is 0 Å². The Hall–Kier alpha value is 0. The van der Waals surface area contributed by atoms with Crippen molar-refractivity contribution in [3.63, 3.8) is 0 Å². The maximum atomic E-state index is 2.45. The van der Waals surface area contributed by atoms with Crippen molar-refractivity contribution in [1.29, 1.82) is 0 Å². The van der Waals surface area contributed by atoms with E-state index in [9.17, 15) is 0 Å². The first-order chi connectivity index (χ1) is 7.04. The molecule has 1 aliphatic carbocycles. The van der Waals surface area contributed by atoms with E-state index in [4.69, 9.17) is 0 Å². The smallest absolute Gasteiger partial charge is 0.0394 e. The van der Waals surface area contributed by atoms with Crippen LogP contribution in [0.3, 0.4) is 0 Å². The van der Waals surface area contributed by atoms with Gasteiger partial charge in [0.1, 0.15) is 0 Å². The van der Waals surface area contributed by atoms with Gasteiger partial charge in [-0.2, -0.15) is 0 Å². The molecule has 0 heterocycles. The van der Waals surface area contributed by atoms with Gasteiger partial charge in [0.15, 0.2) is 0 Å². The van der Waals surface area contributed by atoms with Gasteiger partial charge < -0.3 is 0 Å². The topological polar surface area (TPSA) is 0 Å². The van der Waals surface area contributed by atoms with Gasteiger partial charge in [-0.3, -0.25) is 0 Å². The number of hydrogen-bond acceptors (Lipinski definition) is 0.